The van der Waals surface area contributed by atoms with Crippen molar-refractivity contribution in [2.75, 3.05) is 31.2 Å². The number of rotatable bonds is 5. The van der Waals surface area contributed by atoms with Crippen LogP contribution in [-0.2, 0) is 13.1 Å². The first kappa shape index (κ1) is 20.6. The fraction of sp³-hybridized carbons (Fsp3) is 0.455. The number of hydrogen-bond donors (Lipinski definition) is 2. The van der Waals surface area contributed by atoms with Crippen LogP contribution in [0.1, 0.15) is 30.9 Å². The van der Waals surface area contributed by atoms with Crippen LogP contribution in [0.5, 0.6) is 11.5 Å². The molecule has 1 aromatic heterocycles. The molecule has 2 aromatic rings. The van der Waals surface area contributed by atoms with E-state index in [1.54, 1.807) is 6.07 Å². The van der Waals surface area contributed by atoms with E-state index in [1.165, 1.54) is 12.8 Å². The summed E-state index contributed by atoms with van der Waals surface area (Å²) in [4.78, 5) is 19.1. The molecule has 0 saturated carbocycles. The molecule has 2 amide bonds. The number of nitrogens with one attached hydrogen (secondary N) is 2. The van der Waals surface area contributed by atoms with E-state index >= 15 is 0 Å². The van der Waals surface area contributed by atoms with Crippen LogP contribution in [0.15, 0.2) is 30.5 Å². The van der Waals surface area contributed by atoms with Crippen LogP contribution in [0.25, 0.3) is 0 Å². The summed E-state index contributed by atoms with van der Waals surface area (Å²) in [7, 11) is 0. The second-order valence-electron chi connectivity index (χ2n) is 7.83. The first-order valence-electron chi connectivity index (χ1n) is 10.4. The number of carbonyl (C=O) groups excluding carboxylic acids is 1. The third kappa shape index (κ3) is 5.08. The summed E-state index contributed by atoms with van der Waals surface area (Å²) in [5.74, 6) is 2.97. The maximum absolute atomic E-state index is 12.2. The largest absolute Gasteiger partial charge is 0.486 e. The third-order valence-electron chi connectivity index (χ3n) is 5.48. The zero-order chi connectivity index (χ0) is 20.9. The number of halogens is 1. The van der Waals surface area contributed by atoms with Gasteiger partial charge in [0.1, 0.15) is 19.0 Å². The molecule has 4 rings (SSSR count). The van der Waals surface area contributed by atoms with Gasteiger partial charge < -0.3 is 25.0 Å². The van der Waals surface area contributed by atoms with Crippen LogP contribution in [-0.4, -0.2) is 37.3 Å². The summed E-state index contributed by atoms with van der Waals surface area (Å²) in [6.07, 6.45) is 4.24. The third-order valence-corrected chi connectivity index (χ3v) is 5.76. The molecule has 1 aromatic carbocycles. The van der Waals surface area contributed by atoms with Gasteiger partial charge in [-0.15, -0.1) is 0 Å². The van der Waals surface area contributed by atoms with Crippen LogP contribution >= 0.6 is 11.6 Å². The van der Waals surface area contributed by atoms with Crippen LogP contribution in [0.2, 0.25) is 5.02 Å². The minimum Gasteiger partial charge on any atom is -0.486 e. The van der Waals surface area contributed by atoms with Crippen LogP contribution in [0, 0.1) is 5.92 Å². The number of ether oxygens (including phenoxy) is 2. The van der Waals surface area contributed by atoms with Gasteiger partial charge in [0, 0.05) is 32.4 Å². The number of hydrogen-bond acceptors (Lipinski definition) is 5. The van der Waals surface area contributed by atoms with Crippen LogP contribution in [0.3, 0.4) is 0 Å². The Labute approximate surface area is 181 Å². The topological polar surface area (TPSA) is 75.7 Å². The highest BCUT2D eigenvalue weighted by Gasteiger charge is 2.18. The van der Waals surface area contributed by atoms with E-state index < -0.39 is 0 Å². The highest BCUT2D eigenvalue weighted by atomic mass is 35.5. The van der Waals surface area contributed by atoms with Crippen molar-refractivity contribution >= 4 is 23.4 Å². The first-order valence-corrected chi connectivity index (χ1v) is 10.8. The Kier molecular flexibility index (Phi) is 6.47. The van der Waals surface area contributed by atoms with Gasteiger partial charge in [-0.05, 0) is 48.1 Å². The fourth-order valence-electron chi connectivity index (χ4n) is 3.64. The molecule has 0 unspecified atom stereocenters. The minimum absolute atomic E-state index is 0.255. The Morgan fingerprint density at radius 2 is 1.87 bits per heavy atom. The first-order chi connectivity index (χ1) is 14.6. The van der Waals surface area contributed by atoms with Crippen molar-refractivity contribution < 1.29 is 14.3 Å². The Morgan fingerprint density at radius 3 is 2.60 bits per heavy atom. The molecular weight excluding hydrogens is 404 g/mol. The average molecular weight is 431 g/mol. The number of aromatic nitrogens is 1. The van der Waals surface area contributed by atoms with Crippen LogP contribution in [0.4, 0.5) is 10.6 Å². The van der Waals surface area contributed by atoms with Gasteiger partial charge in [0.15, 0.2) is 11.5 Å². The molecule has 7 nitrogen and oxygen atoms in total. The summed E-state index contributed by atoms with van der Waals surface area (Å²) >= 11 is 6.24. The van der Waals surface area contributed by atoms with E-state index in [9.17, 15) is 4.79 Å². The number of nitrogens with zero attached hydrogens (tertiary/aromatic N) is 2. The van der Waals surface area contributed by atoms with Crippen molar-refractivity contribution in [3.8, 4) is 11.5 Å². The quantitative estimate of drug-likeness (QED) is 0.755. The van der Waals surface area contributed by atoms with Crippen molar-refractivity contribution in [1.82, 2.24) is 15.6 Å². The highest BCUT2D eigenvalue weighted by molar-refractivity contribution is 6.32. The van der Waals surface area contributed by atoms with Gasteiger partial charge in [-0.1, -0.05) is 24.6 Å². The SMILES string of the molecule is CC1CCN(c2ccc(CNC(=O)NCc3cc(Cl)c4c(c3)OCCO4)cn2)CC1. The Balaban J connectivity index is 1.24. The maximum Gasteiger partial charge on any atom is 0.315 e. The lowest BCUT2D eigenvalue weighted by atomic mass is 9.99. The second-order valence-corrected chi connectivity index (χ2v) is 8.24. The molecule has 0 bridgehead atoms. The zero-order valence-corrected chi connectivity index (χ0v) is 17.9. The Morgan fingerprint density at radius 1 is 1.13 bits per heavy atom. The minimum atomic E-state index is -0.255. The van der Waals surface area contributed by atoms with E-state index in [4.69, 9.17) is 21.1 Å². The lowest BCUT2D eigenvalue weighted by Crippen LogP contribution is -2.35. The molecule has 1 saturated heterocycles. The number of urea groups is 1. The normalized spacial score (nSPS) is 16.3. The summed E-state index contributed by atoms with van der Waals surface area (Å²) in [6.45, 7) is 6.14. The van der Waals surface area contributed by atoms with Crippen molar-refractivity contribution in [1.29, 1.82) is 0 Å². The molecule has 0 radical (unpaired) electrons. The molecule has 3 heterocycles. The van der Waals surface area contributed by atoms with E-state index in [2.05, 4.69) is 27.4 Å². The molecule has 0 atom stereocenters. The van der Waals surface area contributed by atoms with Crippen molar-refractivity contribution in [3.05, 3.63) is 46.6 Å². The van der Waals surface area contributed by atoms with Crippen molar-refractivity contribution in [3.63, 3.8) is 0 Å². The number of anilines is 1. The summed E-state index contributed by atoms with van der Waals surface area (Å²) in [5.41, 5.74) is 1.81. The lowest BCUT2D eigenvalue weighted by molar-refractivity contribution is 0.171. The van der Waals surface area contributed by atoms with E-state index in [0.717, 1.165) is 36.0 Å². The lowest BCUT2D eigenvalue weighted by Gasteiger charge is -2.31. The molecule has 2 aliphatic rings. The van der Waals surface area contributed by atoms with E-state index in [-0.39, 0.29) is 6.03 Å². The molecule has 30 heavy (non-hydrogen) atoms. The number of fused-ring (bicyclic) bond motifs is 1. The van der Waals surface area contributed by atoms with Gasteiger partial charge in [-0.3, -0.25) is 0 Å². The van der Waals surface area contributed by atoms with Gasteiger partial charge in [0.2, 0.25) is 0 Å². The molecule has 1 fully saturated rings. The molecular formula is C22H27ClN4O3. The monoisotopic (exact) mass is 430 g/mol. The molecule has 8 heteroatoms. The standard InChI is InChI=1S/C22H27ClN4O3/c1-15-4-6-27(7-5-15)20-3-2-16(12-24-20)13-25-22(28)26-14-17-10-18(23)21-19(11-17)29-8-9-30-21/h2-3,10-12,15H,4-9,13-14H2,1H3,(H2,25,26,28). The number of piperidine rings is 1. The van der Waals surface area contributed by atoms with E-state index in [1.807, 2.05) is 24.4 Å². The predicted octanol–water partition coefficient (Wildman–Crippen LogP) is 3.74. The molecule has 2 aliphatic heterocycles. The van der Waals surface area contributed by atoms with Gasteiger partial charge in [0.25, 0.3) is 0 Å². The molecule has 160 valence electrons. The van der Waals surface area contributed by atoms with Gasteiger partial charge in [0.05, 0.1) is 5.02 Å². The van der Waals surface area contributed by atoms with Crippen molar-refractivity contribution in [2.24, 2.45) is 5.92 Å². The van der Waals surface area contributed by atoms with E-state index in [0.29, 0.717) is 42.8 Å². The zero-order valence-electron chi connectivity index (χ0n) is 17.1. The smallest absolute Gasteiger partial charge is 0.315 e. The summed E-state index contributed by atoms with van der Waals surface area (Å²) < 4.78 is 11.1. The number of pyridine rings is 1. The molecule has 2 N–H and O–H groups in total. The highest BCUT2D eigenvalue weighted by Crippen LogP contribution is 2.38. The van der Waals surface area contributed by atoms with Crippen LogP contribution < -0.4 is 25.0 Å². The summed E-state index contributed by atoms with van der Waals surface area (Å²) in [6, 6.07) is 7.41. The number of amides is 2. The molecule has 0 aliphatic carbocycles. The maximum atomic E-state index is 12.2. The Hall–Kier alpha value is -2.67. The number of benzene rings is 1. The van der Waals surface area contributed by atoms with Gasteiger partial charge in [-0.25, -0.2) is 9.78 Å². The van der Waals surface area contributed by atoms with Gasteiger partial charge in [-0.2, -0.15) is 0 Å². The van der Waals surface area contributed by atoms with Crippen molar-refractivity contribution in [2.45, 2.75) is 32.9 Å². The predicted molar refractivity (Wildman–Crippen MR) is 116 cm³/mol. The number of carbonyl (C=O) groups is 1. The fourth-order valence-corrected chi connectivity index (χ4v) is 3.93. The second kappa shape index (κ2) is 9.43. The summed E-state index contributed by atoms with van der Waals surface area (Å²) in [5, 5.41) is 6.18. The average Bonchev–Trinajstić information content (AvgIpc) is 2.77. The molecule has 0 spiro atoms. The Bertz CT molecular complexity index is 883. The van der Waals surface area contributed by atoms with Gasteiger partial charge >= 0.3 is 6.03 Å².